The minimum atomic E-state index is -0.454. The average molecular weight is 301 g/mol. The molecule has 0 unspecified atom stereocenters. The van der Waals surface area contributed by atoms with Crippen molar-refractivity contribution < 1.29 is 4.92 Å². The van der Waals surface area contributed by atoms with Gasteiger partial charge < -0.3 is 10.6 Å². The van der Waals surface area contributed by atoms with Crippen LogP contribution >= 0.6 is 11.3 Å². The van der Waals surface area contributed by atoms with E-state index in [1.54, 1.807) is 0 Å². The van der Waals surface area contributed by atoms with Crippen LogP contribution in [0.2, 0.25) is 0 Å². The number of nitro groups is 1. The highest BCUT2D eigenvalue weighted by Crippen LogP contribution is 2.32. The summed E-state index contributed by atoms with van der Waals surface area (Å²) >= 11 is 1.42. The third kappa shape index (κ3) is 2.39. The molecule has 7 nitrogen and oxygen atoms in total. The molecule has 0 saturated heterocycles. The molecule has 0 radical (unpaired) electrons. The van der Waals surface area contributed by atoms with E-state index in [1.165, 1.54) is 29.5 Å². The molecule has 0 aliphatic carbocycles. The summed E-state index contributed by atoms with van der Waals surface area (Å²) < 4.78 is 0. The molecule has 2 heterocycles. The number of non-ortho nitro benzene ring substituents is 1. The number of hydrogen-bond acceptors (Lipinski definition) is 7. The Morgan fingerprint density at radius 2 is 2.33 bits per heavy atom. The van der Waals surface area contributed by atoms with Gasteiger partial charge in [0.1, 0.15) is 6.07 Å². The van der Waals surface area contributed by atoms with E-state index in [9.17, 15) is 15.4 Å². The summed E-state index contributed by atoms with van der Waals surface area (Å²) in [6.07, 6.45) is 0.719. The summed E-state index contributed by atoms with van der Waals surface area (Å²) in [6.45, 7) is 1.23. The van der Waals surface area contributed by atoms with Crippen molar-refractivity contribution >= 4 is 27.8 Å². The molecule has 21 heavy (non-hydrogen) atoms. The summed E-state index contributed by atoms with van der Waals surface area (Å²) in [5.41, 5.74) is 7.70. The molecule has 1 aliphatic heterocycles. The number of benzene rings is 1. The summed E-state index contributed by atoms with van der Waals surface area (Å²) in [7, 11) is 0. The van der Waals surface area contributed by atoms with Crippen molar-refractivity contribution in [3.05, 3.63) is 44.4 Å². The van der Waals surface area contributed by atoms with E-state index in [0.29, 0.717) is 29.5 Å². The van der Waals surface area contributed by atoms with Gasteiger partial charge in [-0.15, -0.1) is 11.3 Å². The van der Waals surface area contributed by atoms with Crippen molar-refractivity contribution in [3.63, 3.8) is 0 Å². The van der Waals surface area contributed by atoms with Crippen LogP contribution in [0.25, 0.3) is 0 Å². The van der Waals surface area contributed by atoms with Gasteiger partial charge in [0.2, 0.25) is 0 Å². The maximum absolute atomic E-state index is 10.9. The van der Waals surface area contributed by atoms with Crippen LogP contribution in [0.5, 0.6) is 0 Å². The maximum Gasteiger partial charge on any atom is 0.271 e. The van der Waals surface area contributed by atoms with Crippen molar-refractivity contribution in [1.29, 1.82) is 5.26 Å². The van der Waals surface area contributed by atoms with Crippen molar-refractivity contribution in [2.24, 2.45) is 0 Å². The van der Waals surface area contributed by atoms with Crippen molar-refractivity contribution in [2.45, 2.75) is 13.0 Å². The molecule has 0 spiro atoms. The molecule has 1 aromatic heterocycles. The second kappa shape index (κ2) is 5.03. The van der Waals surface area contributed by atoms with Gasteiger partial charge in [-0.1, -0.05) is 0 Å². The third-order valence-electron chi connectivity index (χ3n) is 3.40. The number of nitro benzene ring substituents is 1. The van der Waals surface area contributed by atoms with Crippen LogP contribution in [0.15, 0.2) is 18.2 Å². The summed E-state index contributed by atoms with van der Waals surface area (Å²) in [5.74, 6) is 0. The van der Waals surface area contributed by atoms with Crippen molar-refractivity contribution in [2.75, 3.05) is 17.2 Å². The SMILES string of the molecule is N#Cc1ccc([N+](=O)[O-])cc1N1CCc2nc(N)sc2C1. The first kappa shape index (κ1) is 13.3. The molecule has 8 heteroatoms. The second-order valence-electron chi connectivity index (χ2n) is 4.66. The lowest BCUT2D eigenvalue weighted by Gasteiger charge is -2.28. The number of rotatable bonds is 2. The minimum Gasteiger partial charge on any atom is -0.375 e. The second-order valence-corrected chi connectivity index (χ2v) is 5.78. The largest absolute Gasteiger partial charge is 0.375 e. The average Bonchev–Trinajstić information content (AvgIpc) is 2.85. The zero-order valence-corrected chi connectivity index (χ0v) is 11.8. The summed E-state index contributed by atoms with van der Waals surface area (Å²) in [4.78, 5) is 17.7. The number of anilines is 2. The molecular formula is C13H11N5O2S. The van der Waals surface area contributed by atoms with Crippen LogP contribution in [-0.2, 0) is 13.0 Å². The quantitative estimate of drug-likeness (QED) is 0.671. The highest BCUT2D eigenvalue weighted by molar-refractivity contribution is 7.15. The van der Waals surface area contributed by atoms with Crippen LogP contribution in [0.3, 0.4) is 0 Å². The van der Waals surface area contributed by atoms with Crippen LogP contribution in [0, 0.1) is 21.4 Å². The predicted molar refractivity (Wildman–Crippen MR) is 79.1 cm³/mol. The lowest BCUT2D eigenvalue weighted by molar-refractivity contribution is -0.384. The molecule has 3 rings (SSSR count). The van der Waals surface area contributed by atoms with Gasteiger partial charge in [-0.05, 0) is 6.07 Å². The first-order valence-corrected chi connectivity index (χ1v) is 7.07. The molecule has 1 aromatic carbocycles. The van der Waals surface area contributed by atoms with Crippen LogP contribution in [0.4, 0.5) is 16.5 Å². The highest BCUT2D eigenvalue weighted by Gasteiger charge is 2.23. The summed E-state index contributed by atoms with van der Waals surface area (Å²) in [6, 6.07) is 6.38. The molecule has 2 aromatic rings. The van der Waals surface area contributed by atoms with Gasteiger partial charge in [0, 0.05) is 30.0 Å². The number of hydrogen-bond donors (Lipinski definition) is 1. The Morgan fingerprint density at radius 1 is 1.52 bits per heavy atom. The van der Waals surface area contributed by atoms with Gasteiger partial charge in [-0.2, -0.15) is 5.26 Å². The van der Waals surface area contributed by atoms with E-state index in [1.807, 2.05) is 4.90 Å². The van der Waals surface area contributed by atoms with E-state index in [2.05, 4.69) is 11.1 Å². The number of fused-ring (bicyclic) bond motifs is 1. The number of nitriles is 1. The molecule has 106 valence electrons. The van der Waals surface area contributed by atoms with Crippen molar-refractivity contribution in [3.8, 4) is 6.07 Å². The standard InChI is InChI=1S/C13H11N5O2S/c14-6-8-1-2-9(18(19)20)5-11(8)17-4-3-10-12(7-17)21-13(15)16-10/h1-2,5H,3-4,7H2,(H2,15,16). The van der Waals surface area contributed by atoms with E-state index >= 15 is 0 Å². The Bertz CT molecular complexity index is 764. The van der Waals surface area contributed by atoms with Crippen molar-refractivity contribution in [1.82, 2.24) is 4.98 Å². The Labute approximate surface area is 124 Å². The number of nitrogens with two attached hydrogens (primary N) is 1. The molecule has 0 amide bonds. The number of nitrogen functional groups attached to an aromatic ring is 1. The normalized spacial score (nSPS) is 13.6. The lowest BCUT2D eigenvalue weighted by Crippen LogP contribution is -2.30. The fraction of sp³-hybridized carbons (Fsp3) is 0.231. The van der Waals surface area contributed by atoms with E-state index in [4.69, 9.17) is 5.73 Å². The number of thiazole rings is 1. The van der Waals surface area contributed by atoms with Crippen LogP contribution in [-0.4, -0.2) is 16.5 Å². The third-order valence-corrected chi connectivity index (χ3v) is 4.31. The Morgan fingerprint density at radius 3 is 3.05 bits per heavy atom. The van der Waals surface area contributed by atoms with Crippen LogP contribution in [0.1, 0.15) is 16.1 Å². The number of aromatic nitrogens is 1. The fourth-order valence-corrected chi connectivity index (χ4v) is 3.31. The van der Waals surface area contributed by atoms with E-state index in [0.717, 1.165) is 17.0 Å². The predicted octanol–water partition coefficient (Wildman–Crippen LogP) is 2.07. The zero-order chi connectivity index (χ0) is 15.0. The van der Waals surface area contributed by atoms with Gasteiger partial charge in [-0.25, -0.2) is 4.98 Å². The first-order valence-electron chi connectivity index (χ1n) is 6.26. The highest BCUT2D eigenvalue weighted by atomic mass is 32.1. The van der Waals surface area contributed by atoms with Gasteiger partial charge in [0.25, 0.3) is 5.69 Å². The molecule has 0 saturated carbocycles. The molecule has 0 fully saturated rings. The molecule has 0 atom stereocenters. The summed E-state index contributed by atoms with van der Waals surface area (Å²) in [5, 5.41) is 20.6. The molecule has 2 N–H and O–H groups in total. The van der Waals surface area contributed by atoms with Gasteiger partial charge in [0.05, 0.1) is 28.4 Å². The van der Waals surface area contributed by atoms with Gasteiger partial charge >= 0.3 is 0 Å². The first-order chi connectivity index (χ1) is 10.1. The maximum atomic E-state index is 10.9. The smallest absolute Gasteiger partial charge is 0.271 e. The van der Waals surface area contributed by atoms with Crippen LogP contribution < -0.4 is 10.6 Å². The molecule has 0 bridgehead atoms. The zero-order valence-electron chi connectivity index (χ0n) is 10.9. The lowest BCUT2D eigenvalue weighted by atomic mass is 10.1. The fourth-order valence-electron chi connectivity index (χ4n) is 2.41. The minimum absolute atomic E-state index is 0.0152. The Hall–Kier alpha value is -2.66. The number of nitrogens with zero attached hydrogens (tertiary/aromatic N) is 4. The van der Waals surface area contributed by atoms with Gasteiger partial charge in [0.15, 0.2) is 5.13 Å². The monoisotopic (exact) mass is 301 g/mol. The Balaban J connectivity index is 1.99. The Kier molecular flexibility index (Phi) is 3.19. The topological polar surface area (TPSA) is 109 Å². The molecular weight excluding hydrogens is 290 g/mol. The molecule has 1 aliphatic rings. The van der Waals surface area contributed by atoms with Gasteiger partial charge in [-0.3, -0.25) is 10.1 Å². The van der Waals surface area contributed by atoms with E-state index in [-0.39, 0.29) is 5.69 Å². The van der Waals surface area contributed by atoms with E-state index < -0.39 is 4.92 Å².